The molecule has 1 aromatic heterocycles. The van der Waals surface area contributed by atoms with E-state index in [1.165, 1.54) is 6.07 Å². The summed E-state index contributed by atoms with van der Waals surface area (Å²) in [5.74, 6) is 0.265. The molecule has 2 heterocycles. The monoisotopic (exact) mass is 411 g/mol. The minimum Gasteiger partial charge on any atom is -0.381 e. The highest BCUT2D eigenvalue weighted by Gasteiger charge is 2.57. The van der Waals surface area contributed by atoms with E-state index in [-0.39, 0.29) is 17.5 Å². The van der Waals surface area contributed by atoms with Gasteiger partial charge < -0.3 is 10.1 Å². The zero-order valence-corrected chi connectivity index (χ0v) is 17.9. The molecule has 29 heavy (non-hydrogen) atoms. The van der Waals surface area contributed by atoms with Gasteiger partial charge in [0.15, 0.2) is 0 Å². The topological polar surface area (TPSA) is 94.4 Å². The Bertz CT molecular complexity index is 988. The third-order valence-corrected chi connectivity index (χ3v) is 7.69. The summed E-state index contributed by atoms with van der Waals surface area (Å²) in [5, 5.41) is 14.2. The Labute approximate surface area is 170 Å². The van der Waals surface area contributed by atoms with E-state index < -0.39 is 18.4 Å². The van der Waals surface area contributed by atoms with Crippen molar-refractivity contribution in [3.8, 4) is 0 Å². The van der Waals surface area contributed by atoms with Crippen LogP contribution in [0.25, 0.3) is 0 Å². The summed E-state index contributed by atoms with van der Waals surface area (Å²) in [6.07, 6.45) is 2.07. The summed E-state index contributed by atoms with van der Waals surface area (Å²) in [6, 6.07) is 9.70. The normalized spacial score (nSPS) is 22.4. The van der Waals surface area contributed by atoms with Crippen LogP contribution < -0.4 is 5.32 Å². The largest absolute Gasteiger partial charge is 0.381 e. The number of amides is 1. The predicted molar refractivity (Wildman–Crippen MR) is 113 cm³/mol. The van der Waals surface area contributed by atoms with Crippen LogP contribution in [0.5, 0.6) is 0 Å². The first-order valence-electron chi connectivity index (χ1n) is 9.84. The van der Waals surface area contributed by atoms with Crippen molar-refractivity contribution in [2.45, 2.75) is 43.4 Å². The molecule has 7 nitrogen and oxygen atoms in total. The lowest BCUT2D eigenvalue weighted by Crippen LogP contribution is -2.40. The van der Waals surface area contributed by atoms with E-state index in [1.54, 1.807) is 18.3 Å². The fourth-order valence-electron chi connectivity index (χ4n) is 4.43. The highest BCUT2D eigenvalue weighted by molar-refractivity contribution is 6.76. The molecule has 0 radical (unpaired) electrons. The average molecular weight is 412 g/mol. The summed E-state index contributed by atoms with van der Waals surface area (Å²) in [5.41, 5.74) is 1.85. The maximum atomic E-state index is 13.2. The molecule has 4 rings (SSSR count). The van der Waals surface area contributed by atoms with Gasteiger partial charge in [0.1, 0.15) is 5.82 Å². The van der Waals surface area contributed by atoms with Gasteiger partial charge in [-0.2, -0.15) is 0 Å². The summed E-state index contributed by atoms with van der Waals surface area (Å²) in [7, 11) is -1.23. The molecule has 0 fully saturated rings. The molecule has 2 aliphatic rings. The fraction of sp³-hybridized carbons (Fsp3) is 0.429. The summed E-state index contributed by atoms with van der Waals surface area (Å²) in [6.45, 7) is 7.96. The molecule has 1 N–H and O–H groups in total. The Morgan fingerprint density at radius 1 is 1.34 bits per heavy atom. The molecule has 1 amide bonds. The first-order chi connectivity index (χ1) is 13.7. The number of nitrogens with zero attached hydrogens (tertiary/aromatic N) is 2. The van der Waals surface area contributed by atoms with Crippen molar-refractivity contribution >= 4 is 25.5 Å². The number of nitrogens with one attached hydrogen (secondary N) is 1. The predicted octanol–water partition coefficient (Wildman–Crippen LogP) is 3.87. The van der Waals surface area contributed by atoms with Gasteiger partial charge >= 0.3 is 0 Å². The van der Waals surface area contributed by atoms with E-state index in [0.29, 0.717) is 25.5 Å². The van der Waals surface area contributed by atoms with E-state index in [9.17, 15) is 14.9 Å². The van der Waals surface area contributed by atoms with Crippen LogP contribution in [0, 0.1) is 10.1 Å². The molecule has 1 aliphatic carbocycles. The molecule has 1 aromatic carbocycles. The quantitative estimate of drug-likeness (QED) is 0.337. The van der Waals surface area contributed by atoms with Gasteiger partial charge in [0.05, 0.1) is 16.9 Å². The second-order valence-corrected chi connectivity index (χ2v) is 14.7. The number of non-ortho nitro benzene ring substituents is 1. The van der Waals surface area contributed by atoms with Crippen LogP contribution in [-0.2, 0) is 21.4 Å². The van der Waals surface area contributed by atoms with Crippen LogP contribution in [0.15, 0.2) is 36.5 Å². The smallest absolute Gasteiger partial charge is 0.269 e. The summed E-state index contributed by atoms with van der Waals surface area (Å²) >= 11 is 0. The third-order valence-electron chi connectivity index (χ3n) is 5.98. The van der Waals surface area contributed by atoms with E-state index in [4.69, 9.17) is 4.74 Å². The first kappa shape index (κ1) is 19.7. The van der Waals surface area contributed by atoms with Crippen molar-refractivity contribution in [3.05, 3.63) is 63.3 Å². The van der Waals surface area contributed by atoms with Gasteiger partial charge in [-0.25, -0.2) is 4.98 Å². The van der Waals surface area contributed by atoms with E-state index in [2.05, 4.69) is 29.9 Å². The number of anilines is 1. The Morgan fingerprint density at radius 3 is 2.86 bits per heavy atom. The van der Waals surface area contributed by atoms with Crippen LogP contribution in [0.3, 0.4) is 0 Å². The molecule has 2 unspecified atom stereocenters. The summed E-state index contributed by atoms with van der Waals surface area (Å²) in [4.78, 5) is 28.4. The first-order valence-corrected chi connectivity index (χ1v) is 13.5. The number of aromatic nitrogens is 1. The molecule has 1 aliphatic heterocycles. The van der Waals surface area contributed by atoms with Crippen LogP contribution in [0.1, 0.15) is 22.6 Å². The molecule has 8 heteroatoms. The van der Waals surface area contributed by atoms with Gasteiger partial charge in [-0.3, -0.25) is 14.9 Å². The van der Waals surface area contributed by atoms with E-state index in [0.717, 1.165) is 22.7 Å². The van der Waals surface area contributed by atoms with Crippen molar-refractivity contribution < 1.29 is 14.5 Å². The average Bonchev–Trinajstić information content (AvgIpc) is 3.13. The van der Waals surface area contributed by atoms with Crippen LogP contribution >= 0.6 is 0 Å². The maximum absolute atomic E-state index is 13.2. The van der Waals surface area contributed by atoms with Crippen molar-refractivity contribution in [2.24, 2.45) is 0 Å². The van der Waals surface area contributed by atoms with Crippen molar-refractivity contribution in [2.75, 3.05) is 18.5 Å². The number of hydrogen-bond donors (Lipinski definition) is 1. The number of benzene rings is 1. The van der Waals surface area contributed by atoms with Crippen LogP contribution in [0.4, 0.5) is 11.5 Å². The van der Waals surface area contributed by atoms with Crippen molar-refractivity contribution in [1.82, 2.24) is 4.98 Å². The van der Waals surface area contributed by atoms with Crippen LogP contribution in [0.2, 0.25) is 25.7 Å². The number of pyridine rings is 1. The second kappa shape index (κ2) is 7.03. The molecule has 152 valence electrons. The summed E-state index contributed by atoms with van der Waals surface area (Å²) < 4.78 is 6.08. The van der Waals surface area contributed by atoms with Gasteiger partial charge in [0.25, 0.3) is 5.69 Å². The number of carbonyl (C=O) groups is 1. The highest BCUT2D eigenvalue weighted by Crippen LogP contribution is 2.54. The number of fused-ring (bicyclic) bond motifs is 3. The molecular formula is C21H25N3O4Si. The third kappa shape index (κ3) is 3.36. The maximum Gasteiger partial charge on any atom is 0.269 e. The van der Waals surface area contributed by atoms with Gasteiger partial charge in [0.2, 0.25) is 5.91 Å². The zero-order valence-electron chi connectivity index (χ0n) is 16.9. The van der Waals surface area contributed by atoms with Crippen LogP contribution in [-0.4, -0.2) is 37.1 Å². The van der Waals surface area contributed by atoms with Crippen molar-refractivity contribution in [3.63, 3.8) is 0 Å². The van der Waals surface area contributed by atoms with Gasteiger partial charge in [-0.05, 0) is 29.7 Å². The number of nitro groups is 1. The zero-order chi connectivity index (χ0) is 20.8. The Kier molecular flexibility index (Phi) is 4.78. The number of nitro benzene ring substituents is 1. The molecule has 0 saturated heterocycles. The lowest BCUT2D eigenvalue weighted by atomic mass is 9.72. The Balaban J connectivity index is 1.72. The van der Waals surface area contributed by atoms with E-state index >= 15 is 0 Å². The highest BCUT2D eigenvalue weighted by atomic mass is 28.3. The lowest BCUT2D eigenvalue weighted by Gasteiger charge is -2.30. The SMILES string of the molecule is C[Si](C)(C)CCOCC1c2ccc([N+](=O)[O-])cc2CC12C(=O)Nc1ncccc12. The fourth-order valence-corrected chi connectivity index (χ4v) is 5.18. The minimum absolute atomic E-state index is 0.0454. The number of rotatable bonds is 6. The van der Waals surface area contributed by atoms with E-state index in [1.807, 2.05) is 12.1 Å². The molecule has 1 spiro atoms. The Morgan fingerprint density at radius 2 is 2.14 bits per heavy atom. The molecule has 2 aromatic rings. The minimum atomic E-state index is -1.23. The van der Waals surface area contributed by atoms with Crippen molar-refractivity contribution in [1.29, 1.82) is 0 Å². The van der Waals surface area contributed by atoms with Gasteiger partial charge in [0, 0.05) is 44.5 Å². The lowest BCUT2D eigenvalue weighted by molar-refractivity contribution is -0.384. The molecule has 0 bridgehead atoms. The number of carbonyl (C=O) groups excluding carboxylic acids is 1. The number of ether oxygens (including phenoxy) is 1. The second-order valence-electron chi connectivity index (χ2n) is 9.08. The molecular weight excluding hydrogens is 386 g/mol. The Hall–Kier alpha value is -2.58. The number of hydrogen-bond acceptors (Lipinski definition) is 5. The molecule has 0 saturated carbocycles. The standard InChI is InChI=1S/C21H25N3O4Si/c1-29(2,3)10-9-28-13-18-16-7-6-15(24(26)27)11-14(16)12-21(18)17-5-4-8-22-19(17)23-20(21)25/h4-8,11,18H,9-10,12-13H2,1-3H3,(H,22,23,25). The van der Waals surface area contributed by atoms with Gasteiger partial charge in [-0.15, -0.1) is 0 Å². The molecule has 2 atom stereocenters. The van der Waals surface area contributed by atoms with Gasteiger partial charge in [-0.1, -0.05) is 31.8 Å².